The normalized spacial score (nSPS) is 25.4. The van der Waals surface area contributed by atoms with Crippen molar-refractivity contribution in [2.75, 3.05) is 0 Å². The molecule has 0 aromatic rings. The zero-order valence-corrected chi connectivity index (χ0v) is 6.19. The second-order valence-electron chi connectivity index (χ2n) is 3.22. The quantitative estimate of drug-likeness (QED) is 0.477. The number of rotatable bonds is 1. The molecule has 0 aliphatic heterocycles. The van der Waals surface area contributed by atoms with Gasteiger partial charge in [0.05, 0.1) is 5.54 Å². The Morgan fingerprint density at radius 2 is 1.78 bits per heavy atom. The number of hydrogen-bond acceptors (Lipinski definition) is 1. The Balaban J connectivity index is 2.46. The molecule has 1 fully saturated rings. The highest BCUT2D eigenvalue weighted by Crippen LogP contribution is 2.30. The topological polar surface area (TPSA) is 12.4 Å². The van der Waals surface area contributed by atoms with E-state index in [2.05, 4.69) is 18.6 Å². The summed E-state index contributed by atoms with van der Waals surface area (Å²) in [7, 11) is 0. The summed E-state index contributed by atoms with van der Waals surface area (Å²) in [6.45, 7) is 5.81. The first kappa shape index (κ1) is 6.79. The summed E-state index contributed by atoms with van der Waals surface area (Å²) in [5, 5.41) is 0. The lowest BCUT2D eigenvalue weighted by molar-refractivity contribution is 0.327. The molecule has 1 saturated carbocycles. The number of nitrogens with zero attached hydrogens (tertiary/aromatic N) is 1. The highest BCUT2D eigenvalue weighted by Gasteiger charge is 2.23. The monoisotopic (exact) mass is 125 g/mol. The Morgan fingerprint density at radius 1 is 1.22 bits per heavy atom. The minimum absolute atomic E-state index is 0.234. The maximum Gasteiger partial charge on any atom is 0.0573 e. The molecule has 0 spiro atoms. The van der Waals surface area contributed by atoms with E-state index in [0.717, 1.165) is 0 Å². The van der Waals surface area contributed by atoms with Crippen molar-refractivity contribution in [1.29, 1.82) is 0 Å². The Labute approximate surface area is 57.2 Å². The molecule has 0 radical (unpaired) electrons. The molecule has 9 heavy (non-hydrogen) atoms. The van der Waals surface area contributed by atoms with Gasteiger partial charge in [0.2, 0.25) is 0 Å². The van der Waals surface area contributed by atoms with E-state index in [1.165, 1.54) is 32.1 Å². The lowest BCUT2D eigenvalue weighted by Gasteiger charge is -2.28. The van der Waals surface area contributed by atoms with E-state index in [0.29, 0.717) is 0 Å². The minimum atomic E-state index is 0.234. The standard InChI is InChI=1S/C8H15N/c1-8(9-2)6-4-3-5-7-8/h2-7H2,1H3. The van der Waals surface area contributed by atoms with Crippen molar-refractivity contribution in [1.82, 2.24) is 0 Å². The highest BCUT2D eigenvalue weighted by atomic mass is 14.8. The van der Waals surface area contributed by atoms with E-state index in [1.54, 1.807) is 0 Å². The smallest absolute Gasteiger partial charge is 0.0573 e. The predicted octanol–water partition coefficient (Wildman–Crippen LogP) is 2.41. The molecule has 1 aliphatic carbocycles. The molecule has 0 aromatic carbocycles. The van der Waals surface area contributed by atoms with E-state index in [1.807, 2.05) is 0 Å². The number of aliphatic imine (C=N–C) groups is 1. The van der Waals surface area contributed by atoms with Crippen LogP contribution in [0.4, 0.5) is 0 Å². The maximum atomic E-state index is 4.13. The summed E-state index contributed by atoms with van der Waals surface area (Å²) in [6, 6.07) is 0. The molecule has 0 saturated heterocycles. The van der Waals surface area contributed by atoms with Gasteiger partial charge in [-0.15, -0.1) is 0 Å². The van der Waals surface area contributed by atoms with Gasteiger partial charge in [-0.3, -0.25) is 4.99 Å². The number of hydrogen-bond donors (Lipinski definition) is 0. The van der Waals surface area contributed by atoms with Crippen LogP contribution in [0.1, 0.15) is 39.0 Å². The molecular weight excluding hydrogens is 110 g/mol. The molecule has 0 heterocycles. The SMILES string of the molecule is C=NC1(C)CCCCC1. The van der Waals surface area contributed by atoms with Crippen molar-refractivity contribution in [3.05, 3.63) is 0 Å². The summed E-state index contributed by atoms with van der Waals surface area (Å²) in [4.78, 5) is 4.13. The average molecular weight is 125 g/mol. The van der Waals surface area contributed by atoms with Gasteiger partial charge in [-0.1, -0.05) is 19.3 Å². The summed E-state index contributed by atoms with van der Waals surface area (Å²) in [6.07, 6.45) is 6.57. The van der Waals surface area contributed by atoms with Crippen LogP contribution in [-0.2, 0) is 0 Å². The van der Waals surface area contributed by atoms with E-state index >= 15 is 0 Å². The first-order chi connectivity index (χ1) is 4.27. The first-order valence-electron chi connectivity index (χ1n) is 3.75. The van der Waals surface area contributed by atoms with Crippen molar-refractivity contribution in [2.45, 2.75) is 44.6 Å². The second-order valence-corrected chi connectivity index (χ2v) is 3.22. The molecule has 0 N–H and O–H groups in total. The molecule has 0 atom stereocenters. The van der Waals surface area contributed by atoms with Gasteiger partial charge in [0.1, 0.15) is 0 Å². The molecular formula is C8H15N. The molecule has 0 aromatic heterocycles. The molecule has 1 heteroatoms. The van der Waals surface area contributed by atoms with Gasteiger partial charge in [-0.05, 0) is 26.5 Å². The third-order valence-electron chi connectivity index (χ3n) is 2.31. The molecule has 1 rings (SSSR count). The van der Waals surface area contributed by atoms with Crippen molar-refractivity contribution in [2.24, 2.45) is 4.99 Å². The van der Waals surface area contributed by atoms with Crippen molar-refractivity contribution in [3.63, 3.8) is 0 Å². The van der Waals surface area contributed by atoms with Crippen LogP contribution < -0.4 is 0 Å². The summed E-state index contributed by atoms with van der Waals surface area (Å²) < 4.78 is 0. The summed E-state index contributed by atoms with van der Waals surface area (Å²) >= 11 is 0. The minimum Gasteiger partial charge on any atom is -0.295 e. The predicted molar refractivity (Wildman–Crippen MR) is 41.0 cm³/mol. The molecule has 52 valence electrons. The fraction of sp³-hybridized carbons (Fsp3) is 0.875. The third kappa shape index (κ3) is 1.54. The van der Waals surface area contributed by atoms with Crippen LogP contribution in [0.5, 0.6) is 0 Å². The molecule has 0 bridgehead atoms. The maximum absolute atomic E-state index is 4.13. The highest BCUT2D eigenvalue weighted by molar-refractivity contribution is 5.25. The zero-order valence-electron chi connectivity index (χ0n) is 6.19. The Kier molecular flexibility index (Phi) is 1.89. The van der Waals surface area contributed by atoms with Gasteiger partial charge in [0, 0.05) is 0 Å². The lowest BCUT2D eigenvalue weighted by atomic mass is 9.84. The van der Waals surface area contributed by atoms with E-state index in [9.17, 15) is 0 Å². The van der Waals surface area contributed by atoms with Gasteiger partial charge in [0.25, 0.3) is 0 Å². The van der Waals surface area contributed by atoms with Crippen LogP contribution in [0.2, 0.25) is 0 Å². The van der Waals surface area contributed by atoms with E-state index in [4.69, 9.17) is 0 Å². The van der Waals surface area contributed by atoms with Gasteiger partial charge in [-0.2, -0.15) is 0 Å². The fourth-order valence-electron chi connectivity index (χ4n) is 1.47. The van der Waals surface area contributed by atoms with Gasteiger partial charge < -0.3 is 0 Å². The molecule has 0 unspecified atom stereocenters. The van der Waals surface area contributed by atoms with Crippen molar-refractivity contribution >= 4 is 6.72 Å². The van der Waals surface area contributed by atoms with Crippen LogP contribution in [0.3, 0.4) is 0 Å². The van der Waals surface area contributed by atoms with Crippen molar-refractivity contribution in [3.8, 4) is 0 Å². The largest absolute Gasteiger partial charge is 0.295 e. The van der Waals surface area contributed by atoms with Crippen LogP contribution in [0.15, 0.2) is 4.99 Å². The third-order valence-corrected chi connectivity index (χ3v) is 2.31. The van der Waals surface area contributed by atoms with E-state index in [-0.39, 0.29) is 5.54 Å². The van der Waals surface area contributed by atoms with E-state index < -0.39 is 0 Å². The molecule has 1 aliphatic rings. The Morgan fingerprint density at radius 3 is 2.11 bits per heavy atom. The van der Waals surface area contributed by atoms with Crippen LogP contribution >= 0.6 is 0 Å². The van der Waals surface area contributed by atoms with Crippen LogP contribution in [0, 0.1) is 0 Å². The fourth-order valence-corrected chi connectivity index (χ4v) is 1.47. The summed E-state index contributed by atoms with van der Waals surface area (Å²) in [5.74, 6) is 0. The van der Waals surface area contributed by atoms with Gasteiger partial charge in [0.15, 0.2) is 0 Å². The first-order valence-corrected chi connectivity index (χ1v) is 3.75. The Hall–Kier alpha value is -0.330. The second kappa shape index (κ2) is 2.51. The van der Waals surface area contributed by atoms with Crippen molar-refractivity contribution < 1.29 is 0 Å². The van der Waals surface area contributed by atoms with Gasteiger partial charge >= 0.3 is 0 Å². The average Bonchev–Trinajstić information content (AvgIpc) is 1.90. The lowest BCUT2D eigenvalue weighted by Crippen LogP contribution is -2.24. The Bertz CT molecular complexity index is 101. The summed E-state index contributed by atoms with van der Waals surface area (Å²) in [5.41, 5.74) is 0.234. The molecule has 0 amide bonds. The zero-order chi connectivity index (χ0) is 6.74. The van der Waals surface area contributed by atoms with Gasteiger partial charge in [-0.25, -0.2) is 0 Å². The van der Waals surface area contributed by atoms with Crippen LogP contribution in [-0.4, -0.2) is 12.3 Å². The molecule has 1 nitrogen and oxygen atoms in total. The van der Waals surface area contributed by atoms with Crippen LogP contribution in [0.25, 0.3) is 0 Å².